The molecule has 23 heavy (non-hydrogen) atoms. The number of hydrogen-bond acceptors (Lipinski definition) is 6. The number of carbonyl (C=O) groups excluding carboxylic acids is 1. The molecular weight excluding hydrogens is 302 g/mol. The Bertz CT molecular complexity index is 940. The van der Waals surface area contributed by atoms with Crippen molar-refractivity contribution in [3.8, 4) is 0 Å². The zero-order valence-corrected chi connectivity index (χ0v) is 12.4. The molecule has 3 aromatic rings. The number of imidazole rings is 2. The van der Waals surface area contributed by atoms with Crippen molar-refractivity contribution in [1.29, 1.82) is 0 Å². The van der Waals surface area contributed by atoms with Crippen LogP contribution >= 0.6 is 0 Å². The fraction of sp³-hybridized carbons (Fsp3) is 0.429. The van der Waals surface area contributed by atoms with E-state index in [1.165, 1.54) is 11.3 Å². The maximum absolute atomic E-state index is 12.3. The molecule has 120 valence electrons. The minimum absolute atomic E-state index is 0.150. The van der Waals surface area contributed by atoms with Crippen molar-refractivity contribution in [3.63, 3.8) is 0 Å². The van der Waals surface area contributed by atoms with Gasteiger partial charge < -0.3 is 14.5 Å². The lowest BCUT2D eigenvalue weighted by molar-refractivity contribution is -0.145. The van der Waals surface area contributed by atoms with Crippen LogP contribution in [0.25, 0.3) is 16.9 Å². The Kier molecular flexibility index (Phi) is 3.15. The van der Waals surface area contributed by atoms with E-state index in [9.17, 15) is 9.59 Å². The van der Waals surface area contributed by atoms with Gasteiger partial charge in [-0.3, -0.25) is 14.2 Å². The minimum atomic E-state index is -0.323. The fourth-order valence-electron chi connectivity index (χ4n) is 2.86. The summed E-state index contributed by atoms with van der Waals surface area (Å²) in [5.41, 5.74) is 0.689. The van der Waals surface area contributed by atoms with E-state index in [2.05, 4.69) is 15.0 Å². The van der Waals surface area contributed by atoms with E-state index >= 15 is 0 Å². The first-order valence-corrected chi connectivity index (χ1v) is 7.34. The first-order valence-electron chi connectivity index (χ1n) is 7.34. The monoisotopic (exact) mass is 317 g/mol. The molecule has 1 unspecified atom stereocenters. The fourth-order valence-corrected chi connectivity index (χ4v) is 2.86. The lowest BCUT2D eigenvalue weighted by Crippen LogP contribution is -2.19. The molecule has 9 nitrogen and oxygen atoms in total. The Morgan fingerprint density at radius 3 is 3.17 bits per heavy atom. The van der Waals surface area contributed by atoms with Gasteiger partial charge in [-0.25, -0.2) is 14.4 Å². The predicted octanol–water partition coefficient (Wildman–Crippen LogP) is 0.613. The van der Waals surface area contributed by atoms with Crippen molar-refractivity contribution in [2.75, 3.05) is 6.61 Å². The molecule has 1 saturated heterocycles. The third-order valence-electron chi connectivity index (χ3n) is 3.95. The molecule has 1 N–H and O–H groups in total. The Morgan fingerprint density at radius 2 is 2.35 bits per heavy atom. The maximum atomic E-state index is 12.3. The van der Waals surface area contributed by atoms with Gasteiger partial charge >= 0.3 is 5.97 Å². The van der Waals surface area contributed by atoms with Crippen LogP contribution in [0.2, 0.25) is 0 Å². The summed E-state index contributed by atoms with van der Waals surface area (Å²) in [4.78, 5) is 34.6. The molecule has 0 bridgehead atoms. The van der Waals surface area contributed by atoms with Crippen LogP contribution in [0.5, 0.6) is 0 Å². The average molecular weight is 317 g/mol. The second-order valence-electron chi connectivity index (χ2n) is 5.49. The molecule has 0 radical (unpaired) electrons. The summed E-state index contributed by atoms with van der Waals surface area (Å²) in [6.45, 7) is 1.61. The van der Waals surface area contributed by atoms with Crippen molar-refractivity contribution in [1.82, 2.24) is 23.9 Å². The van der Waals surface area contributed by atoms with E-state index in [0.29, 0.717) is 16.9 Å². The van der Waals surface area contributed by atoms with Crippen LogP contribution < -0.4 is 5.56 Å². The first-order chi connectivity index (χ1) is 11.1. The summed E-state index contributed by atoms with van der Waals surface area (Å²) in [6.07, 6.45) is 5.84. The predicted molar refractivity (Wildman–Crippen MR) is 78.9 cm³/mol. The summed E-state index contributed by atoms with van der Waals surface area (Å²) < 4.78 is 14.1. The third kappa shape index (κ3) is 2.29. The average Bonchev–Trinajstić information content (AvgIpc) is 3.24. The summed E-state index contributed by atoms with van der Waals surface area (Å²) >= 11 is 0. The van der Waals surface area contributed by atoms with Crippen LogP contribution in [0.1, 0.15) is 26.0 Å². The topological polar surface area (TPSA) is 104 Å². The molecule has 1 aliphatic heterocycles. The normalized spacial score (nSPS) is 21.3. The zero-order valence-electron chi connectivity index (χ0n) is 12.4. The van der Waals surface area contributed by atoms with Crippen LogP contribution in [0.3, 0.4) is 0 Å². The van der Waals surface area contributed by atoms with Gasteiger partial charge in [-0.05, 0) is 12.8 Å². The smallest absolute Gasteiger partial charge is 0.302 e. The number of hydrogen-bond donors (Lipinski definition) is 1. The van der Waals surface area contributed by atoms with Gasteiger partial charge in [0.25, 0.3) is 5.56 Å². The van der Waals surface area contributed by atoms with Crippen LogP contribution in [-0.4, -0.2) is 42.6 Å². The second kappa shape index (κ2) is 5.20. The van der Waals surface area contributed by atoms with Crippen molar-refractivity contribution >= 4 is 22.9 Å². The number of fused-ring (bicyclic) bond motifs is 2. The van der Waals surface area contributed by atoms with Gasteiger partial charge in [-0.2, -0.15) is 0 Å². The molecule has 4 heterocycles. The highest BCUT2D eigenvalue weighted by molar-refractivity contribution is 5.71. The van der Waals surface area contributed by atoms with Gasteiger partial charge in [-0.1, -0.05) is 0 Å². The molecule has 2 atom stereocenters. The van der Waals surface area contributed by atoms with E-state index in [0.717, 1.165) is 12.8 Å². The SMILES string of the molecule is CC(=O)OCC1CC[C@H](n2cnc3c(=O)n4ccnc4[nH]c32)O1. The third-order valence-corrected chi connectivity index (χ3v) is 3.95. The molecule has 0 spiro atoms. The molecule has 1 fully saturated rings. The number of nitrogens with one attached hydrogen (secondary N) is 1. The first kappa shape index (κ1) is 13.9. The van der Waals surface area contributed by atoms with Gasteiger partial charge in [0.1, 0.15) is 18.5 Å². The molecular formula is C14H15N5O4. The van der Waals surface area contributed by atoms with E-state index in [4.69, 9.17) is 9.47 Å². The Balaban J connectivity index is 1.66. The molecule has 4 rings (SSSR count). The van der Waals surface area contributed by atoms with Crippen LogP contribution in [0, 0.1) is 0 Å². The molecule has 0 aromatic carbocycles. The summed E-state index contributed by atoms with van der Waals surface area (Å²) in [5.74, 6) is 0.134. The molecule has 3 aromatic heterocycles. The maximum Gasteiger partial charge on any atom is 0.302 e. The van der Waals surface area contributed by atoms with Gasteiger partial charge in [0.05, 0.1) is 12.4 Å². The Labute approximate surface area is 129 Å². The minimum Gasteiger partial charge on any atom is -0.463 e. The molecule has 1 aliphatic rings. The molecule has 0 aliphatic carbocycles. The highest BCUT2D eigenvalue weighted by Crippen LogP contribution is 2.30. The van der Waals surface area contributed by atoms with Crippen molar-refractivity contribution < 1.29 is 14.3 Å². The number of aromatic nitrogens is 5. The summed E-state index contributed by atoms with van der Waals surface area (Å²) in [6, 6.07) is 0. The zero-order chi connectivity index (χ0) is 16.0. The molecule has 0 saturated carbocycles. The van der Waals surface area contributed by atoms with E-state index < -0.39 is 0 Å². The Morgan fingerprint density at radius 1 is 1.48 bits per heavy atom. The second-order valence-corrected chi connectivity index (χ2v) is 5.49. The summed E-state index contributed by atoms with van der Waals surface area (Å²) in [5, 5.41) is 0. The summed E-state index contributed by atoms with van der Waals surface area (Å²) in [7, 11) is 0. The number of carbonyl (C=O) groups is 1. The van der Waals surface area contributed by atoms with Crippen LogP contribution in [0.4, 0.5) is 0 Å². The number of rotatable bonds is 3. The standard InChI is InChI=1S/C14H15N5O4/c1-8(20)22-6-9-2-3-10(23-9)19-7-16-11-12(19)17-14-15-4-5-18(14)13(11)21/h4-5,7,9-10H,2-3,6H2,1H3,(H,15,17)/t9?,10-/m1/s1. The number of esters is 1. The van der Waals surface area contributed by atoms with Crippen molar-refractivity contribution in [3.05, 3.63) is 29.1 Å². The van der Waals surface area contributed by atoms with E-state index in [1.807, 2.05) is 0 Å². The highest BCUT2D eigenvalue weighted by atomic mass is 16.6. The highest BCUT2D eigenvalue weighted by Gasteiger charge is 2.29. The molecule has 9 heteroatoms. The van der Waals surface area contributed by atoms with Crippen LogP contribution in [-0.2, 0) is 14.3 Å². The Hall–Kier alpha value is -2.68. The van der Waals surface area contributed by atoms with Crippen molar-refractivity contribution in [2.45, 2.75) is 32.1 Å². The number of ether oxygens (including phenoxy) is 2. The molecule has 0 amide bonds. The van der Waals surface area contributed by atoms with Crippen LogP contribution in [0.15, 0.2) is 23.5 Å². The van der Waals surface area contributed by atoms with E-state index in [1.54, 1.807) is 23.3 Å². The number of H-pyrrole nitrogens is 1. The lowest BCUT2D eigenvalue weighted by Gasteiger charge is -2.15. The quantitative estimate of drug-likeness (QED) is 0.710. The van der Waals surface area contributed by atoms with Gasteiger partial charge in [0, 0.05) is 19.3 Å². The number of nitrogens with zero attached hydrogens (tertiary/aromatic N) is 4. The van der Waals surface area contributed by atoms with Crippen molar-refractivity contribution in [2.24, 2.45) is 0 Å². The van der Waals surface area contributed by atoms with E-state index in [-0.39, 0.29) is 30.5 Å². The lowest BCUT2D eigenvalue weighted by atomic mass is 10.2. The number of aromatic amines is 1. The largest absolute Gasteiger partial charge is 0.463 e. The van der Waals surface area contributed by atoms with Gasteiger partial charge in [0.2, 0.25) is 5.78 Å². The van der Waals surface area contributed by atoms with Gasteiger partial charge in [-0.15, -0.1) is 0 Å². The van der Waals surface area contributed by atoms with Gasteiger partial charge in [0.15, 0.2) is 5.52 Å².